The van der Waals surface area contributed by atoms with Crippen LogP contribution in [0.2, 0.25) is 0 Å². The smallest absolute Gasteiger partial charge is 0.227 e. The monoisotopic (exact) mass is 384 g/mol. The van der Waals surface area contributed by atoms with Crippen molar-refractivity contribution in [3.8, 4) is 0 Å². The molecule has 0 unspecified atom stereocenters. The van der Waals surface area contributed by atoms with Crippen LogP contribution in [0.3, 0.4) is 0 Å². The second kappa shape index (κ2) is 8.95. The molecule has 152 valence electrons. The lowest BCUT2D eigenvalue weighted by Gasteiger charge is -2.40. The minimum atomic E-state index is -0.0115. The number of fused-ring (bicyclic) bond motifs is 3. The van der Waals surface area contributed by atoms with Crippen LogP contribution < -0.4 is 15.1 Å². The highest BCUT2D eigenvalue weighted by atomic mass is 16.2. The van der Waals surface area contributed by atoms with Crippen LogP contribution in [0.4, 0.5) is 11.4 Å². The van der Waals surface area contributed by atoms with E-state index in [1.54, 1.807) is 0 Å². The Bertz CT molecular complexity index is 702. The zero-order valence-corrected chi connectivity index (χ0v) is 16.7. The SMILES string of the molecule is O=C(CCC(=O)N1C[C@H]2CCCN2c2ccccc21)NCCCN1CCCC1. The molecule has 0 spiro atoms. The topological polar surface area (TPSA) is 55.9 Å². The highest BCUT2D eigenvalue weighted by molar-refractivity contribution is 5.99. The third-order valence-corrected chi connectivity index (χ3v) is 6.29. The molecule has 0 saturated carbocycles. The first kappa shape index (κ1) is 19.2. The lowest BCUT2D eigenvalue weighted by Crippen LogP contribution is -2.48. The molecule has 3 aliphatic rings. The summed E-state index contributed by atoms with van der Waals surface area (Å²) in [5.41, 5.74) is 2.16. The maximum Gasteiger partial charge on any atom is 0.227 e. The molecular formula is C22H32N4O2. The van der Waals surface area contributed by atoms with Gasteiger partial charge in [-0.25, -0.2) is 0 Å². The summed E-state index contributed by atoms with van der Waals surface area (Å²) in [7, 11) is 0. The average Bonchev–Trinajstić information content (AvgIpc) is 3.40. The fraction of sp³-hybridized carbons (Fsp3) is 0.636. The van der Waals surface area contributed by atoms with Gasteiger partial charge in [0.05, 0.1) is 11.4 Å². The summed E-state index contributed by atoms with van der Waals surface area (Å²) >= 11 is 0. The van der Waals surface area contributed by atoms with Crippen LogP contribution in [0, 0.1) is 0 Å². The van der Waals surface area contributed by atoms with E-state index in [1.165, 1.54) is 32.4 Å². The molecule has 0 aromatic heterocycles. The van der Waals surface area contributed by atoms with E-state index in [4.69, 9.17) is 0 Å². The van der Waals surface area contributed by atoms with Crippen molar-refractivity contribution in [2.75, 3.05) is 49.1 Å². The Kier molecular flexibility index (Phi) is 6.15. The minimum absolute atomic E-state index is 0.0115. The molecule has 3 aliphatic heterocycles. The van der Waals surface area contributed by atoms with E-state index in [0.29, 0.717) is 12.6 Å². The van der Waals surface area contributed by atoms with E-state index in [1.807, 2.05) is 23.1 Å². The number of rotatable bonds is 7. The van der Waals surface area contributed by atoms with Gasteiger partial charge in [-0.3, -0.25) is 9.59 Å². The quantitative estimate of drug-likeness (QED) is 0.734. The van der Waals surface area contributed by atoms with Crippen molar-refractivity contribution in [1.82, 2.24) is 10.2 Å². The number of carbonyl (C=O) groups is 2. The Morgan fingerprint density at radius 2 is 1.79 bits per heavy atom. The third-order valence-electron chi connectivity index (χ3n) is 6.29. The number of likely N-dealkylation sites (tertiary alicyclic amines) is 1. The number of nitrogens with zero attached hydrogens (tertiary/aromatic N) is 3. The Balaban J connectivity index is 1.24. The van der Waals surface area contributed by atoms with Crippen LogP contribution in [0.25, 0.3) is 0 Å². The summed E-state index contributed by atoms with van der Waals surface area (Å²) in [5.74, 6) is 0.0498. The minimum Gasteiger partial charge on any atom is -0.365 e. The molecule has 2 saturated heterocycles. The van der Waals surface area contributed by atoms with Crippen LogP contribution in [-0.4, -0.2) is 62.0 Å². The first-order valence-electron chi connectivity index (χ1n) is 10.9. The van der Waals surface area contributed by atoms with Crippen molar-refractivity contribution in [2.24, 2.45) is 0 Å². The molecular weight excluding hydrogens is 352 g/mol. The van der Waals surface area contributed by atoms with Gasteiger partial charge in [0.15, 0.2) is 0 Å². The highest BCUT2D eigenvalue weighted by Gasteiger charge is 2.35. The molecule has 28 heavy (non-hydrogen) atoms. The second-order valence-corrected chi connectivity index (χ2v) is 8.23. The Morgan fingerprint density at radius 1 is 1.00 bits per heavy atom. The van der Waals surface area contributed by atoms with E-state index >= 15 is 0 Å². The van der Waals surface area contributed by atoms with Crippen LogP contribution >= 0.6 is 0 Å². The third kappa shape index (κ3) is 4.32. The van der Waals surface area contributed by atoms with Crippen molar-refractivity contribution in [3.05, 3.63) is 24.3 Å². The summed E-state index contributed by atoms with van der Waals surface area (Å²) < 4.78 is 0. The maximum atomic E-state index is 12.9. The largest absolute Gasteiger partial charge is 0.365 e. The molecule has 2 fully saturated rings. The number of amides is 2. The van der Waals surface area contributed by atoms with Gasteiger partial charge >= 0.3 is 0 Å². The molecule has 0 bridgehead atoms. The molecule has 1 aromatic rings. The number of para-hydroxylation sites is 2. The van der Waals surface area contributed by atoms with Crippen molar-refractivity contribution >= 4 is 23.2 Å². The molecule has 0 radical (unpaired) electrons. The molecule has 4 rings (SSSR count). The van der Waals surface area contributed by atoms with E-state index in [0.717, 1.165) is 43.9 Å². The fourth-order valence-electron chi connectivity index (χ4n) is 4.80. The normalized spacial score (nSPS) is 21.5. The van der Waals surface area contributed by atoms with Crippen molar-refractivity contribution in [3.63, 3.8) is 0 Å². The molecule has 3 heterocycles. The predicted molar refractivity (Wildman–Crippen MR) is 112 cm³/mol. The zero-order valence-electron chi connectivity index (χ0n) is 16.7. The summed E-state index contributed by atoms with van der Waals surface area (Å²) in [6.07, 6.45) is 6.45. The summed E-state index contributed by atoms with van der Waals surface area (Å²) in [6, 6.07) is 8.58. The number of anilines is 2. The molecule has 0 aliphatic carbocycles. The van der Waals surface area contributed by atoms with Crippen LogP contribution in [0.1, 0.15) is 44.9 Å². The molecule has 2 amide bonds. The number of nitrogens with one attached hydrogen (secondary N) is 1. The van der Waals surface area contributed by atoms with Gasteiger partial charge in [0.25, 0.3) is 0 Å². The van der Waals surface area contributed by atoms with Crippen LogP contribution in [0.15, 0.2) is 24.3 Å². The molecule has 1 N–H and O–H groups in total. The lowest BCUT2D eigenvalue weighted by atomic mass is 10.1. The van der Waals surface area contributed by atoms with E-state index in [-0.39, 0.29) is 24.7 Å². The van der Waals surface area contributed by atoms with Crippen LogP contribution in [-0.2, 0) is 9.59 Å². The van der Waals surface area contributed by atoms with Crippen molar-refractivity contribution in [2.45, 2.75) is 51.0 Å². The number of benzene rings is 1. The van der Waals surface area contributed by atoms with Crippen molar-refractivity contribution < 1.29 is 9.59 Å². The van der Waals surface area contributed by atoms with Gasteiger partial charge < -0.3 is 20.0 Å². The van der Waals surface area contributed by atoms with E-state index in [9.17, 15) is 9.59 Å². The van der Waals surface area contributed by atoms with Crippen LogP contribution in [0.5, 0.6) is 0 Å². The predicted octanol–water partition coefficient (Wildman–Crippen LogP) is 2.38. The van der Waals surface area contributed by atoms with E-state index < -0.39 is 0 Å². The molecule has 1 atom stereocenters. The van der Waals surface area contributed by atoms with Gasteiger partial charge in [0.1, 0.15) is 0 Å². The molecule has 1 aromatic carbocycles. The number of carbonyl (C=O) groups excluding carboxylic acids is 2. The summed E-state index contributed by atoms with van der Waals surface area (Å²) in [6.45, 7) is 5.96. The Hall–Kier alpha value is -2.08. The average molecular weight is 385 g/mol. The summed E-state index contributed by atoms with van der Waals surface area (Å²) in [4.78, 5) is 31.8. The number of hydrogen-bond acceptors (Lipinski definition) is 4. The fourth-order valence-corrected chi connectivity index (χ4v) is 4.80. The van der Waals surface area contributed by atoms with Crippen molar-refractivity contribution in [1.29, 1.82) is 0 Å². The lowest BCUT2D eigenvalue weighted by molar-refractivity contribution is -0.125. The summed E-state index contributed by atoms with van der Waals surface area (Å²) in [5, 5.41) is 2.98. The van der Waals surface area contributed by atoms with Gasteiger partial charge in [-0.2, -0.15) is 0 Å². The van der Waals surface area contributed by atoms with Gasteiger partial charge in [-0.05, 0) is 63.9 Å². The molecule has 6 nitrogen and oxygen atoms in total. The van der Waals surface area contributed by atoms with Gasteiger partial charge in [0, 0.05) is 38.5 Å². The highest BCUT2D eigenvalue weighted by Crippen LogP contribution is 2.39. The van der Waals surface area contributed by atoms with Gasteiger partial charge in [0.2, 0.25) is 11.8 Å². The van der Waals surface area contributed by atoms with E-state index in [2.05, 4.69) is 21.2 Å². The second-order valence-electron chi connectivity index (χ2n) is 8.23. The Labute approximate surface area is 167 Å². The standard InChI is InChI=1S/C22H32N4O2/c27-21(23-12-6-15-24-13-3-4-14-24)10-11-22(28)26-17-18-7-5-16-25(18)19-8-1-2-9-20(19)26/h1-2,8-9,18H,3-7,10-17H2,(H,23,27)/t18-/m1/s1. The number of hydrogen-bond donors (Lipinski definition) is 1. The van der Waals surface area contributed by atoms with Gasteiger partial charge in [-0.15, -0.1) is 0 Å². The zero-order chi connectivity index (χ0) is 19.3. The first-order valence-corrected chi connectivity index (χ1v) is 10.9. The first-order chi connectivity index (χ1) is 13.7. The molecule has 6 heteroatoms. The Morgan fingerprint density at radius 3 is 2.61 bits per heavy atom. The van der Waals surface area contributed by atoms with Gasteiger partial charge in [-0.1, -0.05) is 12.1 Å². The maximum absolute atomic E-state index is 12.9.